The van der Waals surface area contributed by atoms with Crippen molar-refractivity contribution in [3.05, 3.63) is 68.9 Å². The lowest BCUT2D eigenvalue weighted by molar-refractivity contribution is 0.421. The van der Waals surface area contributed by atoms with Crippen LogP contribution in [-0.2, 0) is 0 Å². The van der Waals surface area contributed by atoms with Gasteiger partial charge in [0.1, 0.15) is 10.5 Å². The lowest BCUT2D eigenvalue weighted by Crippen LogP contribution is -2.54. The van der Waals surface area contributed by atoms with Gasteiger partial charge in [-0.05, 0) is 17.3 Å². The normalized spacial score (nSPS) is 20.0. The maximum Gasteiger partial charge on any atom is 0.284 e. The van der Waals surface area contributed by atoms with Crippen molar-refractivity contribution < 1.29 is 0 Å². The molecule has 1 saturated heterocycles. The number of anilines is 2. The lowest BCUT2D eigenvalue weighted by Gasteiger charge is -2.49. The second-order valence-corrected chi connectivity index (χ2v) is 11.2. The Kier molecular flexibility index (Phi) is 3.99. The summed E-state index contributed by atoms with van der Waals surface area (Å²) in [6.07, 6.45) is 3.22. The average molecular weight is 469 g/mol. The van der Waals surface area contributed by atoms with Gasteiger partial charge in [-0.15, -0.1) is 0 Å². The molecule has 0 saturated carbocycles. The van der Waals surface area contributed by atoms with Crippen LogP contribution in [0.15, 0.2) is 47.5 Å². The molecule has 5 heterocycles. The molecule has 2 unspecified atom stereocenters. The van der Waals surface area contributed by atoms with Crippen molar-refractivity contribution >= 4 is 54.5 Å². The van der Waals surface area contributed by atoms with Gasteiger partial charge in [-0.25, -0.2) is 9.50 Å². The van der Waals surface area contributed by atoms with Crippen molar-refractivity contribution in [3.8, 4) is 5.69 Å². The van der Waals surface area contributed by atoms with Crippen LogP contribution in [0.5, 0.6) is 0 Å². The molecule has 2 aliphatic heterocycles. The molecule has 0 amide bonds. The third-order valence-electron chi connectivity index (χ3n) is 6.18. The molecule has 0 aliphatic carbocycles. The van der Waals surface area contributed by atoms with Crippen molar-refractivity contribution in [2.24, 2.45) is 0 Å². The molecule has 31 heavy (non-hydrogen) atoms. The third-order valence-corrected chi connectivity index (χ3v) is 9.63. The molecule has 2 N–H and O–H groups in total. The highest BCUT2D eigenvalue weighted by Gasteiger charge is 2.50. The first kappa shape index (κ1) is 18.9. The predicted octanol–water partition coefficient (Wildman–Crippen LogP) is 2.44. The fraction of sp³-hybridized carbons (Fsp3) is 0.200. The van der Waals surface area contributed by atoms with Crippen molar-refractivity contribution in [1.82, 2.24) is 24.1 Å². The summed E-state index contributed by atoms with van der Waals surface area (Å²) in [5.74, 6) is 1.35. The summed E-state index contributed by atoms with van der Waals surface area (Å²) in [5.41, 5.74) is 7.19. The van der Waals surface area contributed by atoms with Crippen LogP contribution in [0.25, 0.3) is 11.2 Å². The van der Waals surface area contributed by atoms with E-state index in [1.807, 2.05) is 18.2 Å². The number of aromatic nitrogens is 5. The van der Waals surface area contributed by atoms with E-state index in [2.05, 4.69) is 27.5 Å². The Bertz CT molecular complexity index is 1440. The van der Waals surface area contributed by atoms with E-state index >= 15 is 0 Å². The summed E-state index contributed by atoms with van der Waals surface area (Å²) in [6.45, 7) is 3.03. The first-order chi connectivity index (χ1) is 15.0. The highest BCUT2D eigenvalue weighted by atomic mass is 35.5. The Morgan fingerprint density at radius 2 is 2.00 bits per heavy atom. The van der Waals surface area contributed by atoms with Crippen LogP contribution in [0.4, 0.5) is 11.8 Å². The topological polar surface area (TPSA) is 94.3 Å². The van der Waals surface area contributed by atoms with Crippen molar-refractivity contribution in [2.75, 3.05) is 17.2 Å². The van der Waals surface area contributed by atoms with Gasteiger partial charge in [0, 0.05) is 24.0 Å². The number of rotatable bonds is 1. The van der Waals surface area contributed by atoms with Gasteiger partial charge in [-0.2, -0.15) is 10.1 Å². The maximum absolute atomic E-state index is 13.7. The number of hydrogen-bond donors (Lipinski definition) is 1. The summed E-state index contributed by atoms with van der Waals surface area (Å²) in [5, 5.41) is 6.85. The van der Waals surface area contributed by atoms with E-state index in [0.29, 0.717) is 32.7 Å². The van der Waals surface area contributed by atoms with Gasteiger partial charge in [-0.1, -0.05) is 47.9 Å². The van der Waals surface area contributed by atoms with Gasteiger partial charge in [0.25, 0.3) is 5.56 Å². The highest BCUT2D eigenvalue weighted by Crippen LogP contribution is 2.49. The molecule has 2 atom stereocenters. The van der Waals surface area contributed by atoms with E-state index in [1.54, 1.807) is 21.3 Å². The maximum atomic E-state index is 13.7. The fourth-order valence-corrected chi connectivity index (χ4v) is 7.72. The van der Waals surface area contributed by atoms with Gasteiger partial charge in [-0.3, -0.25) is 9.36 Å². The SMILES string of the molecule is C[Si]1c2ccccc2-n2c(nn3ccc(Cl)c3c2=O)C2C1CN2c1nc(N)ncc1Cl. The Hall–Kier alpha value is -2.88. The van der Waals surface area contributed by atoms with E-state index in [-0.39, 0.29) is 17.5 Å². The average Bonchev–Trinajstić information content (AvgIpc) is 3.07. The quantitative estimate of drug-likeness (QED) is 0.431. The van der Waals surface area contributed by atoms with Crippen LogP contribution in [0.2, 0.25) is 22.1 Å². The predicted molar refractivity (Wildman–Crippen MR) is 122 cm³/mol. The number of fused-ring (bicyclic) bond motifs is 6. The molecular weight excluding hydrogens is 453 g/mol. The molecule has 0 bridgehead atoms. The molecule has 11 heteroatoms. The van der Waals surface area contributed by atoms with Crippen LogP contribution in [0.3, 0.4) is 0 Å². The largest absolute Gasteiger partial charge is 0.368 e. The number of hydrogen-bond acceptors (Lipinski definition) is 6. The molecule has 6 rings (SSSR count). The van der Waals surface area contributed by atoms with Crippen LogP contribution in [0.1, 0.15) is 11.9 Å². The zero-order valence-electron chi connectivity index (χ0n) is 16.3. The van der Waals surface area contributed by atoms with Crippen molar-refractivity contribution in [1.29, 1.82) is 0 Å². The number of nitrogen functional groups attached to an aromatic ring is 1. The zero-order chi connectivity index (χ0) is 21.4. The molecule has 1 aromatic carbocycles. The number of nitrogens with two attached hydrogens (primary N) is 1. The summed E-state index contributed by atoms with van der Waals surface area (Å²) in [7, 11) is -1.02. The van der Waals surface area contributed by atoms with Crippen LogP contribution in [-0.4, -0.2) is 39.5 Å². The highest BCUT2D eigenvalue weighted by molar-refractivity contribution is 6.75. The molecule has 0 spiro atoms. The minimum atomic E-state index is -1.02. The Balaban J connectivity index is 1.66. The second-order valence-electron chi connectivity index (χ2n) is 7.76. The molecule has 8 nitrogen and oxygen atoms in total. The number of benzene rings is 1. The minimum absolute atomic E-state index is 0.153. The molecule has 2 aliphatic rings. The molecule has 1 radical (unpaired) electrons. The van der Waals surface area contributed by atoms with E-state index in [1.165, 1.54) is 11.4 Å². The van der Waals surface area contributed by atoms with Gasteiger partial charge >= 0.3 is 0 Å². The van der Waals surface area contributed by atoms with Gasteiger partial charge in [0.05, 0.1) is 26.1 Å². The first-order valence-corrected chi connectivity index (χ1v) is 12.6. The smallest absolute Gasteiger partial charge is 0.284 e. The van der Waals surface area contributed by atoms with Crippen LogP contribution in [0, 0.1) is 0 Å². The van der Waals surface area contributed by atoms with Gasteiger partial charge < -0.3 is 10.6 Å². The Labute approximate surface area is 188 Å². The standard InChI is InChI=1S/C20H16Cl2N7OSi/c1-31-13-5-3-2-4-12(13)29-18(26-28-7-6-10(21)15(28)19(29)30)16-14(31)9-27(16)17-11(22)8-24-20(23)25-17/h2-8,14,16H,9H2,1H3,(H2,23,24,25). The van der Waals surface area contributed by atoms with E-state index in [4.69, 9.17) is 34.0 Å². The number of halogens is 2. The second kappa shape index (κ2) is 6.56. The molecule has 3 aromatic heterocycles. The third kappa shape index (κ3) is 2.54. The summed E-state index contributed by atoms with van der Waals surface area (Å²) in [4.78, 5) is 24.1. The van der Waals surface area contributed by atoms with E-state index in [9.17, 15) is 4.79 Å². The Morgan fingerprint density at radius 1 is 1.19 bits per heavy atom. The van der Waals surface area contributed by atoms with Crippen LogP contribution >= 0.6 is 23.2 Å². The zero-order valence-corrected chi connectivity index (χ0v) is 18.8. The van der Waals surface area contributed by atoms with E-state index < -0.39 is 8.80 Å². The number of nitrogens with zero attached hydrogens (tertiary/aromatic N) is 6. The summed E-state index contributed by atoms with van der Waals surface area (Å²) < 4.78 is 3.27. The van der Waals surface area contributed by atoms with Gasteiger partial charge in [0.2, 0.25) is 5.95 Å². The molecular formula is C20H16Cl2N7OSi. The van der Waals surface area contributed by atoms with Crippen molar-refractivity contribution in [2.45, 2.75) is 18.1 Å². The Morgan fingerprint density at radius 3 is 2.84 bits per heavy atom. The lowest BCUT2D eigenvalue weighted by atomic mass is 10.0. The van der Waals surface area contributed by atoms with Gasteiger partial charge in [0.15, 0.2) is 11.6 Å². The molecule has 4 aromatic rings. The molecule has 155 valence electrons. The van der Waals surface area contributed by atoms with Crippen molar-refractivity contribution in [3.63, 3.8) is 0 Å². The minimum Gasteiger partial charge on any atom is -0.368 e. The first-order valence-electron chi connectivity index (χ1n) is 9.73. The fourth-order valence-electron chi connectivity index (χ4n) is 4.66. The number of para-hydroxylation sites is 1. The summed E-state index contributed by atoms with van der Waals surface area (Å²) >= 11 is 12.8. The monoisotopic (exact) mass is 468 g/mol. The van der Waals surface area contributed by atoms with E-state index in [0.717, 1.165) is 12.2 Å². The molecule has 1 fully saturated rings. The summed E-state index contributed by atoms with van der Waals surface area (Å²) in [6, 6.07) is 9.58. The van der Waals surface area contributed by atoms with Crippen LogP contribution < -0.4 is 21.4 Å².